The van der Waals surface area contributed by atoms with Crippen LogP contribution in [0, 0.1) is 13.8 Å². The molecule has 7 nitrogen and oxygen atoms in total. The Bertz CT molecular complexity index is 1480. The van der Waals surface area contributed by atoms with E-state index in [1.165, 1.54) is 29.2 Å². The first-order chi connectivity index (χ1) is 19.4. The lowest BCUT2D eigenvalue weighted by Crippen LogP contribution is -2.52. The molecule has 0 aliphatic rings. The summed E-state index contributed by atoms with van der Waals surface area (Å²) in [5.41, 5.74) is 2.61. The van der Waals surface area contributed by atoms with Gasteiger partial charge in [0.05, 0.1) is 10.6 Å². The molecule has 3 rings (SSSR count). The molecule has 0 fully saturated rings. The lowest BCUT2D eigenvalue weighted by Gasteiger charge is -2.33. The van der Waals surface area contributed by atoms with Crippen molar-refractivity contribution in [1.29, 1.82) is 0 Å². The third kappa shape index (κ3) is 7.95. The van der Waals surface area contributed by atoms with Crippen molar-refractivity contribution in [2.75, 3.05) is 17.4 Å². The van der Waals surface area contributed by atoms with Gasteiger partial charge in [0.25, 0.3) is 10.0 Å². The quantitative estimate of drug-likeness (QED) is 0.237. The highest BCUT2D eigenvalue weighted by Gasteiger charge is 2.34. The standard InChI is InChI=1S/C30H34Cl3N3O4S/c1-5-16-34-30(38)28(6-2)35(18-25-26(32)8-7-9-27(25)33)29(37)19-36(23-13-10-20(3)21(4)17-23)41(39,40)24-14-11-22(31)12-15-24/h7-15,17,28H,5-6,16,18-19H2,1-4H3,(H,34,38). The first kappa shape index (κ1) is 32.7. The Kier molecular flexibility index (Phi) is 11.5. The average molecular weight is 639 g/mol. The fraction of sp³-hybridized carbons (Fsp3) is 0.333. The summed E-state index contributed by atoms with van der Waals surface area (Å²) in [6, 6.07) is 15.0. The predicted molar refractivity (Wildman–Crippen MR) is 166 cm³/mol. The Morgan fingerprint density at radius 1 is 0.902 bits per heavy atom. The first-order valence-corrected chi connectivity index (χ1v) is 15.8. The van der Waals surface area contributed by atoms with Gasteiger partial charge in [0.1, 0.15) is 12.6 Å². The summed E-state index contributed by atoms with van der Waals surface area (Å²) in [4.78, 5) is 28.7. The van der Waals surface area contributed by atoms with Crippen molar-refractivity contribution in [3.8, 4) is 0 Å². The summed E-state index contributed by atoms with van der Waals surface area (Å²) < 4.78 is 29.0. The third-order valence-corrected chi connectivity index (χ3v) is 9.53. The van der Waals surface area contributed by atoms with Gasteiger partial charge < -0.3 is 10.2 Å². The maximum absolute atomic E-state index is 14.1. The largest absolute Gasteiger partial charge is 0.354 e. The summed E-state index contributed by atoms with van der Waals surface area (Å²) in [7, 11) is -4.21. The molecule has 41 heavy (non-hydrogen) atoms. The van der Waals surface area contributed by atoms with Crippen molar-refractivity contribution in [3.05, 3.63) is 92.4 Å². The van der Waals surface area contributed by atoms with Crippen molar-refractivity contribution in [2.24, 2.45) is 0 Å². The van der Waals surface area contributed by atoms with Gasteiger partial charge in [-0.2, -0.15) is 0 Å². The van der Waals surface area contributed by atoms with Gasteiger partial charge in [-0.25, -0.2) is 8.42 Å². The van der Waals surface area contributed by atoms with E-state index in [-0.39, 0.29) is 23.8 Å². The third-order valence-electron chi connectivity index (χ3n) is 6.78. The van der Waals surface area contributed by atoms with Crippen LogP contribution in [0.1, 0.15) is 43.4 Å². The van der Waals surface area contributed by atoms with E-state index in [0.29, 0.717) is 39.3 Å². The van der Waals surface area contributed by atoms with Crippen molar-refractivity contribution in [1.82, 2.24) is 10.2 Å². The number of anilines is 1. The Labute approximate surface area is 257 Å². The van der Waals surface area contributed by atoms with Gasteiger partial charge in [-0.15, -0.1) is 0 Å². The molecule has 0 aromatic heterocycles. The van der Waals surface area contributed by atoms with Crippen molar-refractivity contribution < 1.29 is 18.0 Å². The van der Waals surface area contributed by atoms with Crippen LogP contribution in [0.5, 0.6) is 0 Å². The van der Waals surface area contributed by atoms with Crippen LogP contribution in [0.25, 0.3) is 0 Å². The van der Waals surface area contributed by atoms with Gasteiger partial charge in [0.15, 0.2) is 0 Å². The number of amides is 2. The first-order valence-electron chi connectivity index (χ1n) is 13.3. The van der Waals surface area contributed by atoms with E-state index >= 15 is 0 Å². The second kappa shape index (κ2) is 14.4. The molecule has 2 amide bonds. The van der Waals surface area contributed by atoms with Crippen molar-refractivity contribution in [3.63, 3.8) is 0 Å². The molecule has 0 saturated carbocycles. The highest BCUT2D eigenvalue weighted by Crippen LogP contribution is 2.30. The molecule has 0 aliphatic carbocycles. The molecule has 0 aliphatic heterocycles. The lowest BCUT2D eigenvalue weighted by molar-refractivity contribution is -0.140. The SMILES string of the molecule is CCCNC(=O)C(CC)N(Cc1c(Cl)cccc1Cl)C(=O)CN(c1ccc(C)c(C)c1)S(=O)(=O)c1ccc(Cl)cc1. The minimum absolute atomic E-state index is 0.0265. The van der Waals surface area contributed by atoms with Gasteiger partial charge in [-0.05, 0) is 86.3 Å². The van der Waals surface area contributed by atoms with E-state index in [4.69, 9.17) is 34.8 Å². The zero-order valence-corrected chi connectivity index (χ0v) is 26.5. The number of aryl methyl sites for hydroxylation is 2. The van der Waals surface area contributed by atoms with Gasteiger partial charge >= 0.3 is 0 Å². The number of hydrogen-bond donors (Lipinski definition) is 1. The minimum Gasteiger partial charge on any atom is -0.354 e. The number of halogens is 3. The zero-order valence-electron chi connectivity index (χ0n) is 23.5. The number of carbonyl (C=O) groups is 2. The minimum atomic E-state index is -4.21. The second-order valence-electron chi connectivity index (χ2n) is 9.67. The fourth-order valence-electron chi connectivity index (χ4n) is 4.28. The predicted octanol–water partition coefficient (Wildman–Crippen LogP) is 6.79. The van der Waals surface area contributed by atoms with E-state index in [2.05, 4.69) is 5.32 Å². The highest BCUT2D eigenvalue weighted by atomic mass is 35.5. The highest BCUT2D eigenvalue weighted by molar-refractivity contribution is 7.92. The average Bonchev–Trinajstić information content (AvgIpc) is 2.93. The molecule has 0 radical (unpaired) electrons. The van der Waals surface area contributed by atoms with Crippen LogP contribution in [0.2, 0.25) is 15.1 Å². The molecule has 1 atom stereocenters. The lowest BCUT2D eigenvalue weighted by atomic mass is 10.1. The fourth-order valence-corrected chi connectivity index (χ4v) is 6.33. The number of nitrogens with one attached hydrogen (secondary N) is 1. The van der Waals surface area contributed by atoms with Crippen LogP contribution in [-0.4, -0.2) is 44.3 Å². The van der Waals surface area contributed by atoms with E-state index in [1.54, 1.807) is 43.3 Å². The number of hydrogen-bond acceptors (Lipinski definition) is 4. The number of carbonyl (C=O) groups excluding carboxylic acids is 2. The molecule has 0 saturated heterocycles. The van der Waals surface area contributed by atoms with Gasteiger partial charge in [0, 0.05) is 33.7 Å². The van der Waals surface area contributed by atoms with E-state index in [1.807, 2.05) is 20.8 Å². The summed E-state index contributed by atoms with van der Waals surface area (Å²) in [6.07, 6.45) is 1.00. The maximum atomic E-state index is 14.1. The number of sulfonamides is 1. The van der Waals surface area contributed by atoms with E-state index in [0.717, 1.165) is 15.4 Å². The molecule has 3 aromatic carbocycles. The summed E-state index contributed by atoms with van der Waals surface area (Å²) in [5.74, 6) is -0.931. The van der Waals surface area contributed by atoms with Crippen LogP contribution in [0.4, 0.5) is 5.69 Å². The van der Waals surface area contributed by atoms with Gasteiger partial charge in [0.2, 0.25) is 11.8 Å². The second-order valence-corrected chi connectivity index (χ2v) is 12.8. The van der Waals surface area contributed by atoms with Crippen LogP contribution < -0.4 is 9.62 Å². The van der Waals surface area contributed by atoms with Crippen molar-refractivity contribution >= 4 is 62.3 Å². The van der Waals surface area contributed by atoms with Gasteiger partial charge in [-0.3, -0.25) is 13.9 Å². The molecule has 0 spiro atoms. The maximum Gasteiger partial charge on any atom is 0.264 e. The Hall–Kier alpha value is -2.78. The monoisotopic (exact) mass is 637 g/mol. The molecule has 0 bridgehead atoms. The molecule has 1 unspecified atom stereocenters. The molecule has 0 heterocycles. The van der Waals surface area contributed by atoms with Crippen molar-refractivity contribution in [2.45, 2.75) is 58.0 Å². The molecule has 1 N–H and O–H groups in total. The Morgan fingerprint density at radius 2 is 1.54 bits per heavy atom. The van der Waals surface area contributed by atoms with E-state index < -0.39 is 28.5 Å². The topological polar surface area (TPSA) is 86.8 Å². The summed E-state index contributed by atoms with van der Waals surface area (Å²) in [5, 5.41) is 3.89. The summed E-state index contributed by atoms with van der Waals surface area (Å²) >= 11 is 18.9. The van der Waals surface area contributed by atoms with E-state index in [9.17, 15) is 18.0 Å². The molecule has 3 aromatic rings. The van der Waals surface area contributed by atoms with Crippen LogP contribution in [0.3, 0.4) is 0 Å². The number of nitrogens with zero attached hydrogens (tertiary/aromatic N) is 2. The van der Waals surface area contributed by atoms with Crippen LogP contribution in [0.15, 0.2) is 65.6 Å². The smallest absolute Gasteiger partial charge is 0.264 e. The molecular weight excluding hydrogens is 605 g/mol. The van der Waals surface area contributed by atoms with Crippen LogP contribution in [-0.2, 0) is 26.2 Å². The molecular formula is C30H34Cl3N3O4S. The van der Waals surface area contributed by atoms with Gasteiger partial charge in [-0.1, -0.05) is 60.8 Å². The number of benzene rings is 3. The normalized spacial score (nSPS) is 12.1. The van der Waals surface area contributed by atoms with Crippen LogP contribution >= 0.6 is 34.8 Å². The number of rotatable bonds is 12. The molecule has 11 heteroatoms. The zero-order chi connectivity index (χ0) is 30.3. The molecule has 220 valence electrons. The summed E-state index contributed by atoms with van der Waals surface area (Å²) in [6.45, 7) is 7.28. The Morgan fingerprint density at radius 3 is 2.10 bits per heavy atom. The Balaban J connectivity index is 2.11.